The van der Waals surface area contributed by atoms with E-state index in [4.69, 9.17) is 0 Å². The van der Waals surface area contributed by atoms with Crippen LogP contribution in [-0.4, -0.2) is 21.5 Å². The molecule has 1 aromatic rings. The fourth-order valence-electron chi connectivity index (χ4n) is 2.47. The molecule has 2 heterocycles. The molecule has 1 fully saturated rings. The molecule has 1 aromatic heterocycles. The highest BCUT2D eigenvalue weighted by Crippen LogP contribution is 2.29. The van der Waals surface area contributed by atoms with Crippen molar-refractivity contribution in [2.45, 2.75) is 51.6 Å². The van der Waals surface area contributed by atoms with Crippen molar-refractivity contribution in [3.8, 4) is 0 Å². The Labute approximate surface area is 96.1 Å². The number of rotatable bonds is 4. The molecule has 4 heteroatoms. The molecule has 1 amide bonds. The van der Waals surface area contributed by atoms with E-state index in [2.05, 4.69) is 28.7 Å². The Hall–Kier alpha value is -1.32. The van der Waals surface area contributed by atoms with Crippen molar-refractivity contribution in [3.05, 3.63) is 18.2 Å². The molecular weight excluding hydrogens is 202 g/mol. The topological polar surface area (TPSA) is 46.9 Å². The molecule has 2 rings (SSSR count). The van der Waals surface area contributed by atoms with Gasteiger partial charge >= 0.3 is 0 Å². The van der Waals surface area contributed by atoms with Crippen LogP contribution in [0.5, 0.6) is 0 Å². The van der Waals surface area contributed by atoms with E-state index in [1.54, 1.807) is 0 Å². The van der Waals surface area contributed by atoms with Crippen LogP contribution in [0.3, 0.4) is 0 Å². The lowest BCUT2D eigenvalue weighted by Gasteiger charge is -2.18. The van der Waals surface area contributed by atoms with Crippen LogP contribution in [0.4, 0.5) is 0 Å². The van der Waals surface area contributed by atoms with Crippen LogP contribution >= 0.6 is 0 Å². The zero-order valence-corrected chi connectivity index (χ0v) is 9.94. The summed E-state index contributed by atoms with van der Waals surface area (Å²) in [6.07, 6.45) is 6.45. The summed E-state index contributed by atoms with van der Waals surface area (Å²) in [5, 5.41) is 3.03. The molecule has 1 aliphatic heterocycles. The number of hydrogen-bond donors (Lipinski definition) is 1. The maximum atomic E-state index is 11.4. The van der Waals surface area contributed by atoms with E-state index in [9.17, 15) is 4.79 Å². The Kier molecular flexibility index (Phi) is 3.27. The second-order valence-electron chi connectivity index (χ2n) is 4.40. The largest absolute Gasteiger partial charge is 0.353 e. The summed E-state index contributed by atoms with van der Waals surface area (Å²) in [6.45, 7) is 5.25. The van der Waals surface area contributed by atoms with Crippen molar-refractivity contribution in [1.29, 1.82) is 0 Å². The van der Waals surface area contributed by atoms with Gasteiger partial charge in [-0.25, -0.2) is 4.98 Å². The van der Waals surface area contributed by atoms with Gasteiger partial charge in [-0.15, -0.1) is 0 Å². The van der Waals surface area contributed by atoms with Crippen molar-refractivity contribution in [1.82, 2.24) is 14.9 Å². The van der Waals surface area contributed by atoms with E-state index >= 15 is 0 Å². The van der Waals surface area contributed by atoms with Crippen LogP contribution in [0.15, 0.2) is 12.5 Å². The number of imidazole rings is 1. The molecule has 0 aliphatic carbocycles. The number of nitrogens with one attached hydrogen (secondary N) is 1. The number of nitrogens with zero attached hydrogens (tertiary/aromatic N) is 2. The van der Waals surface area contributed by atoms with Gasteiger partial charge in [0.05, 0.1) is 6.33 Å². The summed E-state index contributed by atoms with van der Waals surface area (Å²) in [4.78, 5) is 15.6. The van der Waals surface area contributed by atoms with E-state index in [0.29, 0.717) is 12.3 Å². The molecule has 1 saturated heterocycles. The summed E-state index contributed by atoms with van der Waals surface area (Å²) in [5.41, 5.74) is 1.20. The zero-order chi connectivity index (χ0) is 11.5. The lowest BCUT2D eigenvalue weighted by atomic mass is 9.95. The highest BCUT2D eigenvalue weighted by molar-refractivity contribution is 5.80. The minimum absolute atomic E-state index is 0.168. The summed E-state index contributed by atoms with van der Waals surface area (Å²) >= 11 is 0. The van der Waals surface area contributed by atoms with Gasteiger partial charge in [0.2, 0.25) is 5.91 Å². The highest BCUT2D eigenvalue weighted by atomic mass is 16.2. The summed E-state index contributed by atoms with van der Waals surface area (Å²) in [6, 6.07) is 0.278. The number of carbonyl (C=O) groups excluding carboxylic acids is 1. The van der Waals surface area contributed by atoms with Crippen molar-refractivity contribution >= 4 is 5.91 Å². The lowest BCUT2D eigenvalue weighted by Crippen LogP contribution is -2.28. The smallest absolute Gasteiger partial charge is 0.220 e. The van der Waals surface area contributed by atoms with Gasteiger partial charge in [0.15, 0.2) is 0 Å². The second-order valence-corrected chi connectivity index (χ2v) is 4.40. The fourth-order valence-corrected chi connectivity index (χ4v) is 2.47. The molecule has 2 unspecified atom stereocenters. The Bertz CT molecular complexity index is 372. The number of hydrogen-bond acceptors (Lipinski definition) is 2. The van der Waals surface area contributed by atoms with E-state index < -0.39 is 0 Å². The standard InChI is InChI=1S/C12H19N3O/c1-3-5-15-8-13-7-11(15)9-6-12(16)14-10(9)4-2/h7-10H,3-6H2,1-2H3,(H,14,16). The molecule has 1 N–H and O–H groups in total. The third-order valence-electron chi connectivity index (χ3n) is 3.27. The highest BCUT2D eigenvalue weighted by Gasteiger charge is 2.33. The van der Waals surface area contributed by atoms with Gasteiger partial charge < -0.3 is 9.88 Å². The van der Waals surface area contributed by atoms with Gasteiger partial charge in [0.1, 0.15) is 0 Å². The molecule has 0 spiro atoms. The number of aromatic nitrogens is 2. The van der Waals surface area contributed by atoms with E-state index in [-0.39, 0.29) is 11.9 Å². The Morgan fingerprint density at radius 1 is 1.56 bits per heavy atom. The van der Waals surface area contributed by atoms with Gasteiger partial charge in [-0.1, -0.05) is 13.8 Å². The van der Waals surface area contributed by atoms with Crippen molar-refractivity contribution in [2.75, 3.05) is 0 Å². The maximum absolute atomic E-state index is 11.4. The number of amides is 1. The molecular formula is C12H19N3O. The van der Waals surface area contributed by atoms with Crippen LogP contribution < -0.4 is 5.32 Å². The summed E-state index contributed by atoms with van der Waals surface area (Å²) in [5.74, 6) is 0.465. The first-order chi connectivity index (χ1) is 7.76. The number of carbonyl (C=O) groups is 1. The van der Waals surface area contributed by atoms with Gasteiger partial charge in [-0.2, -0.15) is 0 Å². The van der Waals surface area contributed by atoms with Crippen LogP contribution in [-0.2, 0) is 11.3 Å². The molecule has 88 valence electrons. The SMILES string of the molecule is CCCn1cncc1C1CC(=O)NC1CC. The van der Waals surface area contributed by atoms with E-state index in [1.807, 2.05) is 12.5 Å². The first kappa shape index (κ1) is 11.2. The van der Waals surface area contributed by atoms with Gasteiger partial charge in [0, 0.05) is 36.8 Å². The average molecular weight is 221 g/mol. The first-order valence-corrected chi connectivity index (χ1v) is 6.05. The van der Waals surface area contributed by atoms with Crippen molar-refractivity contribution in [3.63, 3.8) is 0 Å². The van der Waals surface area contributed by atoms with Crippen molar-refractivity contribution in [2.24, 2.45) is 0 Å². The van der Waals surface area contributed by atoms with Gasteiger partial charge in [0.25, 0.3) is 0 Å². The first-order valence-electron chi connectivity index (χ1n) is 6.05. The molecule has 0 aromatic carbocycles. The van der Waals surface area contributed by atoms with Gasteiger partial charge in [-0.3, -0.25) is 4.79 Å². The van der Waals surface area contributed by atoms with Crippen LogP contribution in [0, 0.1) is 0 Å². The fraction of sp³-hybridized carbons (Fsp3) is 0.667. The predicted octanol–water partition coefficient (Wildman–Crippen LogP) is 1.68. The molecule has 16 heavy (non-hydrogen) atoms. The second kappa shape index (κ2) is 4.68. The van der Waals surface area contributed by atoms with Crippen LogP contribution in [0.2, 0.25) is 0 Å². The molecule has 0 saturated carbocycles. The Morgan fingerprint density at radius 2 is 2.38 bits per heavy atom. The van der Waals surface area contributed by atoms with Gasteiger partial charge in [-0.05, 0) is 12.8 Å². The maximum Gasteiger partial charge on any atom is 0.220 e. The van der Waals surface area contributed by atoms with Crippen LogP contribution in [0.25, 0.3) is 0 Å². The third-order valence-corrected chi connectivity index (χ3v) is 3.27. The normalized spacial score (nSPS) is 24.8. The summed E-state index contributed by atoms with van der Waals surface area (Å²) in [7, 11) is 0. The lowest BCUT2D eigenvalue weighted by molar-refractivity contribution is -0.119. The molecule has 1 aliphatic rings. The van der Waals surface area contributed by atoms with Crippen molar-refractivity contribution < 1.29 is 4.79 Å². The molecule has 0 bridgehead atoms. The monoisotopic (exact) mass is 221 g/mol. The average Bonchev–Trinajstić information content (AvgIpc) is 2.84. The Balaban J connectivity index is 2.22. The molecule has 0 radical (unpaired) electrons. The molecule has 4 nitrogen and oxygen atoms in total. The number of aryl methyl sites for hydroxylation is 1. The molecule has 2 atom stereocenters. The summed E-state index contributed by atoms with van der Waals surface area (Å²) < 4.78 is 2.17. The van der Waals surface area contributed by atoms with E-state index in [0.717, 1.165) is 19.4 Å². The third kappa shape index (κ3) is 1.96. The predicted molar refractivity (Wildman–Crippen MR) is 62.1 cm³/mol. The minimum atomic E-state index is 0.168. The minimum Gasteiger partial charge on any atom is -0.353 e. The van der Waals surface area contributed by atoms with E-state index in [1.165, 1.54) is 5.69 Å². The Morgan fingerprint density at radius 3 is 3.06 bits per heavy atom. The van der Waals surface area contributed by atoms with Crippen LogP contribution in [0.1, 0.15) is 44.7 Å². The zero-order valence-electron chi connectivity index (χ0n) is 9.94. The quantitative estimate of drug-likeness (QED) is 0.840.